The molecule has 0 saturated heterocycles. The van der Waals surface area contributed by atoms with Crippen LogP contribution in [0.3, 0.4) is 0 Å². The molecule has 3 rings (SSSR count). The Hall–Kier alpha value is -0.640. The van der Waals surface area contributed by atoms with Crippen LogP contribution in [0.15, 0.2) is 23.8 Å². The summed E-state index contributed by atoms with van der Waals surface area (Å²) in [5.41, 5.74) is 1.88. The van der Waals surface area contributed by atoms with Crippen molar-refractivity contribution in [1.82, 2.24) is 4.90 Å². The number of hydrogen-bond donors (Lipinski definition) is 2. The second-order valence-corrected chi connectivity index (χ2v) is 11.1. The first-order valence-corrected chi connectivity index (χ1v) is 12.2. The van der Waals surface area contributed by atoms with Gasteiger partial charge in [-0.05, 0) is 103 Å². The van der Waals surface area contributed by atoms with Crippen molar-refractivity contribution in [3.05, 3.63) is 23.8 Å². The van der Waals surface area contributed by atoms with Crippen LogP contribution in [0.4, 0.5) is 0 Å². The zero-order chi connectivity index (χ0) is 21.0. The molecule has 0 aliphatic heterocycles. The van der Waals surface area contributed by atoms with Crippen LogP contribution in [-0.4, -0.2) is 46.5 Å². The quantitative estimate of drug-likeness (QED) is 0.425. The number of unbranched alkanes of at least 4 members (excludes halogenated alkanes) is 2. The maximum Gasteiger partial charge on any atom is 0.0749 e. The van der Waals surface area contributed by atoms with Gasteiger partial charge in [0.15, 0.2) is 0 Å². The predicted octanol–water partition coefficient (Wildman–Crippen LogP) is 5.33. The Morgan fingerprint density at radius 3 is 2.55 bits per heavy atom. The van der Waals surface area contributed by atoms with Crippen LogP contribution in [0.1, 0.15) is 85.0 Å². The first-order chi connectivity index (χ1) is 13.8. The van der Waals surface area contributed by atoms with Gasteiger partial charge in [-0.2, -0.15) is 0 Å². The third-order valence-electron chi connectivity index (χ3n) is 8.05. The van der Waals surface area contributed by atoms with E-state index < -0.39 is 0 Å². The Morgan fingerprint density at radius 2 is 1.86 bits per heavy atom. The summed E-state index contributed by atoms with van der Waals surface area (Å²) >= 11 is 0. The average molecular weight is 404 g/mol. The lowest BCUT2D eigenvalue weighted by Crippen LogP contribution is -2.38. The molecule has 0 spiro atoms. The lowest BCUT2D eigenvalue weighted by Gasteiger charge is -2.31. The van der Waals surface area contributed by atoms with E-state index in [1.54, 1.807) is 5.57 Å². The van der Waals surface area contributed by atoms with Crippen molar-refractivity contribution >= 4 is 0 Å². The number of fused-ring (bicyclic) bond motifs is 1. The third kappa shape index (κ3) is 6.18. The largest absolute Gasteiger partial charge is 0.392 e. The zero-order valence-electron chi connectivity index (χ0n) is 19.3. The molecule has 3 heteroatoms. The summed E-state index contributed by atoms with van der Waals surface area (Å²) in [4.78, 5) is 2.44. The van der Waals surface area contributed by atoms with Gasteiger partial charge in [-0.15, -0.1) is 0 Å². The van der Waals surface area contributed by atoms with Crippen LogP contribution in [0.25, 0.3) is 0 Å². The Bertz CT molecular complexity index is 570. The molecular weight excluding hydrogens is 358 g/mol. The second-order valence-electron chi connectivity index (χ2n) is 11.1. The molecule has 0 radical (unpaired) electrons. The molecule has 0 unspecified atom stereocenters. The van der Waals surface area contributed by atoms with E-state index >= 15 is 0 Å². The predicted molar refractivity (Wildman–Crippen MR) is 122 cm³/mol. The van der Waals surface area contributed by atoms with Crippen molar-refractivity contribution in [2.24, 2.45) is 23.7 Å². The fourth-order valence-electron chi connectivity index (χ4n) is 5.77. The Morgan fingerprint density at radius 1 is 1.14 bits per heavy atom. The molecule has 166 valence electrons. The fraction of sp³-hybridized carbons (Fsp3) is 0.846. The highest BCUT2D eigenvalue weighted by Gasteiger charge is 2.45. The summed E-state index contributed by atoms with van der Waals surface area (Å²) in [5.74, 6) is 1.90. The van der Waals surface area contributed by atoms with E-state index in [1.807, 2.05) is 6.08 Å². The molecule has 3 nitrogen and oxygen atoms in total. The lowest BCUT2D eigenvalue weighted by atomic mass is 9.89. The molecule has 3 aliphatic rings. The molecule has 0 bridgehead atoms. The van der Waals surface area contributed by atoms with E-state index in [2.05, 4.69) is 44.9 Å². The topological polar surface area (TPSA) is 43.7 Å². The SMILES string of the molecule is CN(CCCC/C=C1\C[C@H]2C[C@@H](O)[C@H](/C=C/[C@@H](O)C3CCCC3)[C@H]2C1)C(C)(C)C. The molecule has 0 amide bonds. The molecule has 3 fully saturated rings. The number of rotatable bonds is 8. The molecule has 3 saturated carbocycles. The fourth-order valence-corrected chi connectivity index (χ4v) is 5.77. The Labute approximate surface area is 179 Å². The maximum atomic E-state index is 10.6. The standard InChI is InChI=1S/C26H45NO2/c1-26(2,3)27(4)15-9-5-6-10-19-16-21-18-25(29)22(23(21)17-19)13-14-24(28)20-11-7-8-12-20/h10,13-14,20-25,28-29H,5-9,11-12,15-18H2,1-4H3/b14-13+,19-10+/t21-,22+,23-,24+,25+/m0/s1. The normalized spacial score (nSPS) is 33.4. The number of aliphatic hydroxyl groups is 2. The third-order valence-corrected chi connectivity index (χ3v) is 8.05. The van der Waals surface area contributed by atoms with Gasteiger partial charge in [0.2, 0.25) is 0 Å². The Kier molecular flexibility index (Phi) is 8.03. The van der Waals surface area contributed by atoms with Gasteiger partial charge in [0.05, 0.1) is 12.2 Å². The zero-order valence-corrected chi connectivity index (χ0v) is 19.3. The summed E-state index contributed by atoms with van der Waals surface area (Å²) in [6.07, 6.45) is 18.0. The number of nitrogens with zero attached hydrogens (tertiary/aromatic N) is 1. The van der Waals surface area contributed by atoms with E-state index in [1.165, 1.54) is 45.1 Å². The molecule has 0 aromatic heterocycles. The van der Waals surface area contributed by atoms with Crippen molar-refractivity contribution in [2.75, 3.05) is 13.6 Å². The smallest absolute Gasteiger partial charge is 0.0749 e. The van der Waals surface area contributed by atoms with Crippen LogP contribution in [0.5, 0.6) is 0 Å². The molecular formula is C26H45NO2. The van der Waals surface area contributed by atoms with E-state index in [0.29, 0.717) is 17.8 Å². The van der Waals surface area contributed by atoms with Gasteiger partial charge in [0.25, 0.3) is 0 Å². The van der Waals surface area contributed by atoms with Crippen LogP contribution in [0.2, 0.25) is 0 Å². The molecule has 5 atom stereocenters. The van der Waals surface area contributed by atoms with Gasteiger partial charge < -0.3 is 15.1 Å². The minimum Gasteiger partial charge on any atom is -0.392 e. The second kappa shape index (κ2) is 10.1. The van der Waals surface area contributed by atoms with Crippen molar-refractivity contribution in [3.63, 3.8) is 0 Å². The van der Waals surface area contributed by atoms with Gasteiger partial charge in [0.1, 0.15) is 0 Å². The molecule has 2 N–H and O–H groups in total. The van der Waals surface area contributed by atoms with E-state index in [0.717, 1.165) is 25.7 Å². The number of allylic oxidation sites excluding steroid dienone is 2. The van der Waals surface area contributed by atoms with Crippen molar-refractivity contribution in [3.8, 4) is 0 Å². The highest BCUT2D eigenvalue weighted by molar-refractivity contribution is 5.18. The van der Waals surface area contributed by atoms with Gasteiger partial charge in [-0.3, -0.25) is 0 Å². The van der Waals surface area contributed by atoms with E-state index in [4.69, 9.17) is 0 Å². The minimum absolute atomic E-state index is 0.216. The van der Waals surface area contributed by atoms with Crippen LogP contribution >= 0.6 is 0 Å². The van der Waals surface area contributed by atoms with Crippen molar-refractivity contribution in [2.45, 2.75) is 103 Å². The molecule has 3 aliphatic carbocycles. The average Bonchev–Trinajstić information content (AvgIpc) is 3.35. The summed E-state index contributed by atoms with van der Waals surface area (Å²) < 4.78 is 0. The van der Waals surface area contributed by atoms with Gasteiger partial charge in [0, 0.05) is 11.5 Å². The molecule has 0 aromatic rings. The highest BCUT2D eigenvalue weighted by Crippen LogP contribution is 2.50. The molecule has 0 aromatic carbocycles. The molecule has 29 heavy (non-hydrogen) atoms. The number of aliphatic hydroxyl groups excluding tert-OH is 2. The van der Waals surface area contributed by atoms with Gasteiger partial charge >= 0.3 is 0 Å². The summed E-state index contributed by atoms with van der Waals surface area (Å²) in [5, 5.41) is 21.0. The summed E-state index contributed by atoms with van der Waals surface area (Å²) in [7, 11) is 2.22. The van der Waals surface area contributed by atoms with E-state index in [9.17, 15) is 10.2 Å². The first kappa shape index (κ1) is 23.0. The van der Waals surface area contributed by atoms with Crippen molar-refractivity contribution < 1.29 is 10.2 Å². The van der Waals surface area contributed by atoms with Crippen LogP contribution < -0.4 is 0 Å². The Balaban J connectivity index is 1.44. The highest BCUT2D eigenvalue weighted by atomic mass is 16.3. The number of hydrogen-bond acceptors (Lipinski definition) is 3. The van der Waals surface area contributed by atoms with Gasteiger partial charge in [-0.25, -0.2) is 0 Å². The molecule has 0 heterocycles. The minimum atomic E-state index is -0.314. The summed E-state index contributed by atoms with van der Waals surface area (Å²) in [6.45, 7) is 8.00. The first-order valence-electron chi connectivity index (χ1n) is 12.2. The lowest BCUT2D eigenvalue weighted by molar-refractivity contribution is 0.135. The van der Waals surface area contributed by atoms with Crippen molar-refractivity contribution in [1.29, 1.82) is 0 Å². The van der Waals surface area contributed by atoms with Crippen LogP contribution in [0, 0.1) is 23.7 Å². The van der Waals surface area contributed by atoms with E-state index in [-0.39, 0.29) is 23.7 Å². The maximum absolute atomic E-state index is 10.6. The summed E-state index contributed by atoms with van der Waals surface area (Å²) in [6, 6.07) is 0. The van der Waals surface area contributed by atoms with Crippen LogP contribution in [-0.2, 0) is 0 Å². The monoisotopic (exact) mass is 403 g/mol. The van der Waals surface area contributed by atoms with Gasteiger partial charge in [-0.1, -0.05) is 36.6 Å².